The highest BCUT2D eigenvalue weighted by Gasteiger charge is 2.31. The normalized spacial score (nSPS) is 22.1. The van der Waals surface area contributed by atoms with E-state index >= 15 is 0 Å². The lowest BCUT2D eigenvalue weighted by atomic mass is 9.87. The van der Waals surface area contributed by atoms with Gasteiger partial charge in [0.25, 0.3) is 5.91 Å². The van der Waals surface area contributed by atoms with Gasteiger partial charge in [-0.2, -0.15) is 0 Å². The number of benzene rings is 1. The average Bonchev–Trinajstić information content (AvgIpc) is 2.74. The Balaban J connectivity index is 1.55. The Morgan fingerprint density at radius 2 is 2.00 bits per heavy atom. The zero-order valence-electron chi connectivity index (χ0n) is 19.4. The van der Waals surface area contributed by atoms with Crippen molar-refractivity contribution in [3.63, 3.8) is 0 Å². The summed E-state index contributed by atoms with van der Waals surface area (Å²) >= 11 is 0. The predicted octanol–water partition coefficient (Wildman–Crippen LogP) is 3.12. The molecule has 0 unspecified atom stereocenters. The van der Waals surface area contributed by atoms with Crippen molar-refractivity contribution in [1.29, 1.82) is 0 Å². The fraction of sp³-hybridized carbons (Fsp3) is 0.708. The van der Waals surface area contributed by atoms with Crippen LogP contribution in [-0.4, -0.2) is 76.1 Å². The minimum Gasteiger partial charge on any atom is -0.497 e. The highest BCUT2D eigenvalue weighted by Crippen LogP contribution is 2.31. The molecule has 174 valence electrons. The maximum atomic E-state index is 12.6. The van der Waals surface area contributed by atoms with E-state index in [0.29, 0.717) is 36.1 Å². The molecule has 0 radical (unpaired) electrons. The molecule has 0 bridgehead atoms. The third-order valence-corrected chi connectivity index (χ3v) is 6.17. The molecule has 1 atom stereocenters. The van der Waals surface area contributed by atoms with Crippen molar-refractivity contribution in [3.05, 3.63) is 23.8 Å². The van der Waals surface area contributed by atoms with Gasteiger partial charge >= 0.3 is 0 Å². The molecule has 1 N–H and O–H groups in total. The van der Waals surface area contributed by atoms with Crippen molar-refractivity contribution >= 4 is 5.91 Å². The first-order valence-corrected chi connectivity index (χ1v) is 11.4. The van der Waals surface area contributed by atoms with Gasteiger partial charge in [-0.1, -0.05) is 0 Å². The van der Waals surface area contributed by atoms with E-state index in [9.17, 15) is 4.79 Å². The summed E-state index contributed by atoms with van der Waals surface area (Å²) in [4.78, 5) is 15.2. The molecular weight excluding hydrogens is 396 g/mol. The van der Waals surface area contributed by atoms with Crippen molar-refractivity contribution in [1.82, 2.24) is 10.2 Å². The van der Waals surface area contributed by atoms with E-state index in [0.717, 1.165) is 51.9 Å². The van der Waals surface area contributed by atoms with Crippen molar-refractivity contribution in [2.75, 3.05) is 53.6 Å². The van der Waals surface area contributed by atoms with Gasteiger partial charge in [-0.25, -0.2) is 0 Å². The Morgan fingerprint density at radius 3 is 2.68 bits per heavy atom. The van der Waals surface area contributed by atoms with Crippen LogP contribution in [0.5, 0.6) is 11.5 Å². The number of piperidine rings is 1. The van der Waals surface area contributed by atoms with Crippen LogP contribution in [0.25, 0.3) is 0 Å². The third kappa shape index (κ3) is 7.09. The smallest absolute Gasteiger partial charge is 0.255 e. The number of nitrogens with zero attached hydrogens (tertiary/aromatic N) is 1. The molecule has 1 aromatic carbocycles. The van der Waals surface area contributed by atoms with Gasteiger partial charge in [0.2, 0.25) is 0 Å². The molecule has 2 heterocycles. The first-order chi connectivity index (χ1) is 14.9. The third-order valence-electron chi connectivity index (χ3n) is 6.17. The summed E-state index contributed by atoms with van der Waals surface area (Å²) in [5, 5.41) is 2.87. The summed E-state index contributed by atoms with van der Waals surface area (Å²) in [5.41, 5.74) is 0.528. The lowest BCUT2D eigenvalue weighted by Crippen LogP contribution is -2.44. The second-order valence-electron chi connectivity index (χ2n) is 9.20. The molecule has 0 aliphatic carbocycles. The maximum Gasteiger partial charge on any atom is 0.255 e. The Labute approximate surface area is 186 Å². The number of hydrogen-bond donors (Lipinski definition) is 1. The fourth-order valence-electron chi connectivity index (χ4n) is 4.54. The molecule has 2 fully saturated rings. The molecule has 7 nitrogen and oxygen atoms in total. The minimum atomic E-state index is -0.158. The number of nitrogens with one attached hydrogen (secondary N) is 1. The van der Waals surface area contributed by atoms with Crippen molar-refractivity contribution in [2.45, 2.75) is 51.2 Å². The van der Waals surface area contributed by atoms with Gasteiger partial charge in [0.05, 0.1) is 24.9 Å². The maximum absolute atomic E-state index is 12.6. The second kappa shape index (κ2) is 11.2. The molecular formula is C24H38N2O5. The van der Waals surface area contributed by atoms with Crippen molar-refractivity contribution in [2.24, 2.45) is 5.92 Å². The number of amides is 1. The molecule has 7 heteroatoms. The van der Waals surface area contributed by atoms with E-state index in [1.165, 1.54) is 0 Å². The number of carbonyl (C=O) groups is 1. The van der Waals surface area contributed by atoms with Crippen LogP contribution >= 0.6 is 0 Å². The first-order valence-electron chi connectivity index (χ1n) is 11.4. The Kier molecular flexibility index (Phi) is 8.58. The summed E-state index contributed by atoms with van der Waals surface area (Å²) < 4.78 is 22.5. The van der Waals surface area contributed by atoms with E-state index in [4.69, 9.17) is 18.9 Å². The van der Waals surface area contributed by atoms with Gasteiger partial charge in [-0.05, 0) is 57.6 Å². The standard InChI is InChI=1S/C24H38N2O5/c1-24(2)16-18(9-13-30-24)17-26-11-7-19(8-12-26)31-22-15-20(29-4)5-6-21(22)23(27)25-10-14-28-3/h5-6,15,18-19H,7-14,16-17H2,1-4H3,(H,25,27)/t18-/m1/s1. The van der Waals surface area contributed by atoms with Gasteiger partial charge in [0.1, 0.15) is 17.6 Å². The number of hydrogen-bond acceptors (Lipinski definition) is 6. The summed E-state index contributed by atoms with van der Waals surface area (Å²) in [5.74, 6) is 1.80. The van der Waals surface area contributed by atoms with E-state index in [-0.39, 0.29) is 17.6 Å². The monoisotopic (exact) mass is 434 g/mol. The van der Waals surface area contributed by atoms with E-state index in [1.807, 2.05) is 6.07 Å². The van der Waals surface area contributed by atoms with E-state index in [2.05, 4.69) is 24.1 Å². The summed E-state index contributed by atoms with van der Waals surface area (Å²) in [6.45, 7) is 9.34. The van der Waals surface area contributed by atoms with Crippen LogP contribution in [-0.2, 0) is 9.47 Å². The molecule has 0 spiro atoms. The highest BCUT2D eigenvalue weighted by atomic mass is 16.5. The van der Waals surface area contributed by atoms with Crippen LogP contribution in [0.2, 0.25) is 0 Å². The number of likely N-dealkylation sites (tertiary alicyclic amines) is 1. The van der Waals surface area contributed by atoms with Crippen LogP contribution in [0.15, 0.2) is 18.2 Å². The summed E-state index contributed by atoms with van der Waals surface area (Å²) in [7, 11) is 3.23. The quantitative estimate of drug-likeness (QED) is 0.603. The Hall–Kier alpha value is -1.83. The van der Waals surface area contributed by atoms with Crippen LogP contribution in [0.4, 0.5) is 0 Å². The second-order valence-corrected chi connectivity index (χ2v) is 9.20. The molecule has 2 aliphatic heterocycles. The van der Waals surface area contributed by atoms with Crippen molar-refractivity contribution < 1.29 is 23.7 Å². The minimum absolute atomic E-state index is 0.00303. The largest absolute Gasteiger partial charge is 0.497 e. The Bertz CT molecular complexity index is 716. The molecule has 1 amide bonds. The lowest BCUT2D eigenvalue weighted by Gasteiger charge is -2.39. The van der Waals surface area contributed by atoms with Gasteiger partial charge in [0, 0.05) is 46.0 Å². The zero-order chi connectivity index (χ0) is 22.3. The molecule has 2 aliphatic rings. The molecule has 2 saturated heterocycles. The van der Waals surface area contributed by atoms with Gasteiger partial charge in [0.15, 0.2) is 0 Å². The number of carbonyl (C=O) groups excluding carboxylic acids is 1. The van der Waals surface area contributed by atoms with Crippen LogP contribution in [0.1, 0.15) is 49.9 Å². The summed E-state index contributed by atoms with van der Waals surface area (Å²) in [6.07, 6.45) is 4.27. The SMILES string of the molecule is COCCNC(=O)c1ccc(OC)cc1OC1CCN(C[C@@H]2CCOC(C)(C)C2)CC1. The average molecular weight is 435 g/mol. The lowest BCUT2D eigenvalue weighted by molar-refractivity contribution is -0.0782. The first kappa shape index (κ1) is 23.8. The predicted molar refractivity (Wildman–Crippen MR) is 120 cm³/mol. The molecule has 0 aromatic heterocycles. The number of methoxy groups -OCH3 is 2. The van der Waals surface area contributed by atoms with Crippen molar-refractivity contribution in [3.8, 4) is 11.5 Å². The van der Waals surface area contributed by atoms with Gasteiger partial charge < -0.3 is 29.2 Å². The van der Waals surface area contributed by atoms with E-state index < -0.39 is 0 Å². The zero-order valence-corrected chi connectivity index (χ0v) is 19.4. The number of ether oxygens (including phenoxy) is 4. The van der Waals surface area contributed by atoms with Crippen LogP contribution < -0.4 is 14.8 Å². The van der Waals surface area contributed by atoms with Crippen LogP contribution in [0.3, 0.4) is 0 Å². The topological polar surface area (TPSA) is 69.3 Å². The number of rotatable bonds is 9. The fourth-order valence-corrected chi connectivity index (χ4v) is 4.54. The highest BCUT2D eigenvalue weighted by molar-refractivity contribution is 5.97. The molecule has 31 heavy (non-hydrogen) atoms. The van der Waals surface area contributed by atoms with Gasteiger partial charge in [-0.15, -0.1) is 0 Å². The van der Waals surface area contributed by atoms with E-state index in [1.54, 1.807) is 26.4 Å². The molecule has 1 aromatic rings. The van der Waals surface area contributed by atoms with Gasteiger partial charge in [-0.3, -0.25) is 4.79 Å². The molecule has 0 saturated carbocycles. The van der Waals surface area contributed by atoms with Crippen LogP contribution in [0, 0.1) is 5.92 Å². The molecule has 3 rings (SSSR count). The summed E-state index contributed by atoms with van der Waals surface area (Å²) in [6, 6.07) is 5.36. The Morgan fingerprint density at radius 1 is 1.23 bits per heavy atom.